The van der Waals surface area contributed by atoms with Crippen molar-refractivity contribution in [3.8, 4) is 5.75 Å². The van der Waals surface area contributed by atoms with Crippen LogP contribution in [0.2, 0.25) is 5.02 Å². The standard InChI is InChI=1S/C30H40ClNO5S/c1-4-5-28(33)29(27-22-25(31)9-6-23(27)2)12-16-32(17-13-29)18-21-37-26-10-7-24(8-11-26)30(38(3,34)35)14-19-36-20-15-30/h6-11,22H,4-5,12-21H2,1-3H3. The lowest BCUT2D eigenvalue weighted by Gasteiger charge is -2.42. The highest BCUT2D eigenvalue weighted by atomic mass is 35.5. The van der Waals surface area contributed by atoms with Crippen LogP contribution in [0, 0.1) is 6.92 Å². The lowest BCUT2D eigenvalue weighted by molar-refractivity contribution is -0.126. The number of ketones is 1. The van der Waals surface area contributed by atoms with Crippen molar-refractivity contribution in [2.75, 3.05) is 45.7 Å². The first-order valence-corrected chi connectivity index (χ1v) is 15.9. The number of nitrogens with zero attached hydrogens (tertiary/aromatic N) is 1. The number of hydrogen-bond donors (Lipinski definition) is 0. The number of ether oxygens (including phenoxy) is 2. The van der Waals surface area contributed by atoms with E-state index in [-0.39, 0.29) is 0 Å². The molecule has 0 atom stereocenters. The van der Waals surface area contributed by atoms with Crippen molar-refractivity contribution in [2.45, 2.75) is 62.5 Å². The van der Waals surface area contributed by atoms with Gasteiger partial charge >= 0.3 is 0 Å². The molecular formula is C30H40ClNO5S. The number of carbonyl (C=O) groups excluding carboxylic acids is 1. The van der Waals surface area contributed by atoms with Gasteiger partial charge in [-0.15, -0.1) is 0 Å². The fraction of sp³-hybridized carbons (Fsp3) is 0.567. The molecule has 6 nitrogen and oxygen atoms in total. The van der Waals surface area contributed by atoms with Crippen molar-refractivity contribution in [3.63, 3.8) is 0 Å². The van der Waals surface area contributed by atoms with Crippen LogP contribution in [0.15, 0.2) is 42.5 Å². The Morgan fingerprint density at radius 2 is 1.71 bits per heavy atom. The number of piperidine rings is 1. The summed E-state index contributed by atoms with van der Waals surface area (Å²) < 4.78 is 35.9. The summed E-state index contributed by atoms with van der Waals surface area (Å²) in [4.78, 5) is 15.7. The van der Waals surface area contributed by atoms with E-state index < -0.39 is 20.0 Å². The summed E-state index contributed by atoms with van der Waals surface area (Å²) in [6.45, 7) is 7.95. The second-order valence-corrected chi connectivity index (χ2v) is 13.6. The smallest absolute Gasteiger partial charge is 0.157 e. The molecule has 0 radical (unpaired) electrons. The molecule has 0 aliphatic carbocycles. The van der Waals surface area contributed by atoms with Crippen LogP contribution in [0.25, 0.3) is 0 Å². The number of rotatable bonds is 10. The monoisotopic (exact) mass is 561 g/mol. The molecule has 2 aromatic carbocycles. The van der Waals surface area contributed by atoms with Crippen molar-refractivity contribution >= 4 is 27.2 Å². The Morgan fingerprint density at radius 1 is 1.05 bits per heavy atom. The molecule has 4 rings (SSSR count). The van der Waals surface area contributed by atoms with E-state index in [0.717, 1.165) is 61.3 Å². The number of likely N-dealkylation sites (tertiary alicyclic amines) is 1. The average molecular weight is 562 g/mol. The Morgan fingerprint density at radius 3 is 2.32 bits per heavy atom. The molecule has 208 valence electrons. The molecule has 2 heterocycles. The maximum absolute atomic E-state index is 13.4. The van der Waals surface area contributed by atoms with Crippen LogP contribution in [0.5, 0.6) is 5.75 Å². The van der Waals surface area contributed by atoms with Gasteiger partial charge in [0, 0.05) is 37.5 Å². The highest BCUT2D eigenvalue weighted by Gasteiger charge is 2.44. The highest BCUT2D eigenvalue weighted by Crippen LogP contribution is 2.41. The number of hydrogen-bond acceptors (Lipinski definition) is 6. The minimum absolute atomic E-state index is 0.317. The predicted molar refractivity (Wildman–Crippen MR) is 152 cm³/mol. The van der Waals surface area contributed by atoms with Crippen LogP contribution < -0.4 is 4.74 Å². The number of aryl methyl sites for hydroxylation is 1. The molecule has 0 N–H and O–H groups in total. The van der Waals surface area contributed by atoms with E-state index in [9.17, 15) is 13.2 Å². The number of halogens is 1. The molecular weight excluding hydrogens is 522 g/mol. The van der Waals surface area contributed by atoms with Gasteiger partial charge in [0.25, 0.3) is 0 Å². The zero-order valence-electron chi connectivity index (χ0n) is 22.8. The maximum atomic E-state index is 13.4. The second-order valence-electron chi connectivity index (χ2n) is 10.8. The van der Waals surface area contributed by atoms with Gasteiger partial charge in [0.15, 0.2) is 9.84 Å². The minimum Gasteiger partial charge on any atom is -0.492 e. The van der Waals surface area contributed by atoms with E-state index in [0.29, 0.717) is 49.9 Å². The summed E-state index contributed by atoms with van der Waals surface area (Å²) in [5.41, 5.74) is 2.53. The molecule has 2 aromatic rings. The van der Waals surface area contributed by atoms with Gasteiger partial charge in [0.05, 0.1) is 5.41 Å². The van der Waals surface area contributed by atoms with Crippen LogP contribution >= 0.6 is 11.6 Å². The van der Waals surface area contributed by atoms with Crippen molar-refractivity contribution in [2.24, 2.45) is 0 Å². The second kappa shape index (κ2) is 12.1. The van der Waals surface area contributed by atoms with Gasteiger partial charge in [-0.3, -0.25) is 9.69 Å². The molecule has 8 heteroatoms. The van der Waals surface area contributed by atoms with E-state index in [1.165, 1.54) is 6.26 Å². The minimum atomic E-state index is -3.29. The summed E-state index contributed by atoms with van der Waals surface area (Å²) in [6, 6.07) is 13.4. The van der Waals surface area contributed by atoms with E-state index >= 15 is 0 Å². The third kappa shape index (κ3) is 5.96. The SMILES string of the molecule is CCCC(=O)C1(c2cc(Cl)ccc2C)CCN(CCOc2ccc(C3(S(C)(=O)=O)CCOCC3)cc2)CC1. The average Bonchev–Trinajstić information content (AvgIpc) is 2.91. The lowest BCUT2D eigenvalue weighted by Crippen LogP contribution is -2.48. The summed E-state index contributed by atoms with van der Waals surface area (Å²) in [5, 5.41) is 0.676. The Hall–Kier alpha value is -1.93. The molecule has 0 aromatic heterocycles. The van der Waals surface area contributed by atoms with Crippen molar-refractivity contribution in [3.05, 3.63) is 64.2 Å². The van der Waals surface area contributed by atoms with Gasteiger partial charge in [0.2, 0.25) is 0 Å². The van der Waals surface area contributed by atoms with Gasteiger partial charge in [0.1, 0.15) is 22.9 Å². The number of carbonyl (C=O) groups is 1. The van der Waals surface area contributed by atoms with Crippen LogP contribution in [-0.2, 0) is 29.5 Å². The first kappa shape index (κ1) is 29.1. The molecule has 2 aliphatic rings. The Bertz CT molecular complexity index is 1210. The van der Waals surface area contributed by atoms with Crippen LogP contribution in [0.3, 0.4) is 0 Å². The summed E-state index contributed by atoms with van der Waals surface area (Å²) in [7, 11) is -3.29. The van der Waals surface area contributed by atoms with E-state index in [2.05, 4.69) is 18.7 Å². The molecule has 0 amide bonds. The maximum Gasteiger partial charge on any atom is 0.157 e. The summed E-state index contributed by atoms with van der Waals surface area (Å²) in [6.07, 6.45) is 5.24. The normalized spacial score (nSPS) is 19.7. The summed E-state index contributed by atoms with van der Waals surface area (Å²) >= 11 is 6.35. The van der Waals surface area contributed by atoms with Gasteiger partial charge in [-0.05, 0) is 93.1 Å². The molecule has 0 saturated carbocycles. The number of benzene rings is 2. The quantitative estimate of drug-likeness (QED) is 0.382. The van der Waals surface area contributed by atoms with Crippen molar-refractivity contribution in [1.29, 1.82) is 0 Å². The van der Waals surface area contributed by atoms with Crippen LogP contribution in [0.1, 0.15) is 62.1 Å². The Labute approximate surface area is 232 Å². The molecule has 0 spiro atoms. The first-order valence-electron chi connectivity index (χ1n) is 13.6. The lowest BCUT2D eigenvalue weighted by atomic mass is 9.67. The van der Waals surface area contributed by atoms with E-state index in [1.807, 2.05) is 42.5 Å². The third-order valence-electron chi connectivity index (χ3n) is 8.50. The van der Waals surface area contributed by atoms with E-state index in [4.69, 9.17) is 21.1 Å². The number of sulfone groups is 1. The molecule has 2 fully saturated rings. The fourth-order valence-corrected chi connectivity index (χ4v) is 7.80. The van der Waals surface area contributed by atoms with Gasteiger partial charge in [-0.25, -0.2) is 8.42 Å². The zero-order chi connectivity index (χ0) is 27.4. The predicted octanol–water partition coefficient (Wildman–Crippen LogP) is 5.48. The Kier molecular flexibility index (Phi) is 9.23. The fourth-order valence-electron chi connectivity index (χ4n) is 6.16. The topological polar surface area (TPSA) is 72.9 Å². The van der Waals surface area contributed by atoms with Gasteiger partial charge in [-0.1, -0.05) is 36.7 Å². The first-order chi connectivity index (χ1) is 18.1. The molecule has 0 unspecified atom stereocenters. The van der Waals surface area contributed by atoms with Crippen molar-refractivity contribution < 1.29 is 22.7 Å². The largest absolute Gasteiger partial charge is 0.492 e. The van der Waals surface area contributed by atoms with Gasteiger partial charge < -0.3 is 9.47 Å². The summed E-state index contributed by atoms with van der Waals surface area (Å²) in [5.74, 6) is 1.04. The highest BCUT2D eigenvalue weighted by molar-refractivity contribution is 7.91. The molecule has 2 saturated heterocycles. The van der Waals surface area contributed by atoms with Crippen LogP contribution in [0.4, 0.5) is 0 Å². The Balaban J connectivity index is 1.36. The molecule has 2 aliphatic heterocycles. The van der Waals surface area contributed by atoms with Crippen molar-refractivity contribution in [1.82, 2.24) is 4.90 Å². The van der Waals surface area contributed by atoms with Crippen LogP contribution in [-0.4, -0.2) is 64.8 Å². The van der Waals surface area contributed by atoms with E-state index in [1.54, 1.807) is 0 Å². The zero-order valence-corrected chi connectivity index (χ0v) is 24.4. The molecule has 0 bridgehead atoms. The molecule has 38 heavy (non-hydrogen) atoms. The van der Waals surface area contributed by atoms with Gasteiger partial charge in [-0.2, -0.15) is 0 Å². The third-order valence-corrected chi connectivity index (χ3v) is 10.8. The number of Topliss-reactive ketones (excluding diaryl/α,β-unsaturated/α-hetero) is 1.